The maximum atomic E-state index is 13.1. The van der Waals surface area contributed by atoms with Crippen LogP contribution in [-0.4, -0.2) is 10.1 Å². The molecule has 1 N–H and O–H groups in total. The van der Waals surface area contributed by atoms with E-state index in [0.29, 0.717) is 5.69 Å². The van der Waals surface area contributed by atoms with Gasteiger partial charge in [-0.25, -0.2) is 9.37 Å². The molecule has 0 fully saturated rings. The second-order valence-electron chi connectivity index (χ2n) is 2.86. The van der Waals surface area contributed by atoms with Crippen LogP contribution in [0.2, 0.25) is 0 Å². The second-order valence-corrected chi connectivity index (χ2v) is 3.58. The number of aromatic nitrogens is 1. The van der Waals surface area contributed by atoms with E-state index in [2.05, 4.69) is 4.98 Å². The maximum Gasteiger partial charge on any atom is 0.220 e. The van der Waals surface area contributed by atoms with E-state index in [1.54, 1.807) is 10.9 Å². The first-order chi connectivity index (χ1) is 7.18. The molecule has 15 heavy (non-hydrogen) atoms. The molecule has 0 amide bonds. The van der Waals surface area contributed by atoms with Crippen LogP contribution < -0.4 is 5.43 Å². The van der Waals surface area contributed by atoms with Gasteiger partial charge in [0.25, 0.3) is 0 Å². The van der Waals surface area contributed by atoms with Crippen molar-refractivity contribution in [1.82, 2.24) is 4.98 Å². The Morgan fingerprint density at radius 3 is 2.87 bits per heavy atom. The summed E-state index contributed by atoms with van der Waals surface area (Å²) in [6.07, 6.45) is 0. The van der Waals surface area contributed by atoms with Gasteiger partial charge in [-0.2, -0.15) is 0 Å². The number of aromatic hydroxyl groups is 1. The van der Waals surface area contributed by atoms with Crippen LogP contribution in [0.15, 0.2) is 33.9 Å². The molecule has 0 unspecified atom stereocenters. The summed E-state index contributed by atoms with van der Waals surface area (Å²) in [7, 11) is 0. The molecule has 0 aliphatic heterocycles. The highest BCUT2D eigenvalue weighted by atomic mass is 32.1. The van der Waals surface area contributed by atoms with Gasteiger partial charge in [0.1, 0.15) is 5.82 Å². The molecule has 0 saturated carbocycles. The summed E-state index contributed by atoms with van der Waals surface area (Å²) in [6.45, 7) is 0. The lowest BCUT2D eigenvalue weighted by Crippen LogP contribution is -1.94. The number of halogens is 1. The van der Waals surface area contributed by atoms with E-state index >= 15 is 0 Å². The Bertz CT molecular complexity index is 540. The highest BCUT2D eigenvalue weighted by Crippen LogP contribution is 2.25. The van der Waals surface area contributed by atoms with E-state index in [4.69, 9.17) is 0 Å². The van der Waals surface area contributed by atoms with Gasteiger partial charge in [0.15, 0.2) is 5.75 Å². The van der Waals surface area contributed by atoms with E-state index in [0.717, 1.165) is 18.2 Å². The lowest BCUT2D eigenvalue weighted by atomic mass is 10.2. The molecule has 0 bridgehead atoms. The van der Waals surface area contributed by atoms with Gasteiger partial charge in [-0.05, 0) is 18.2 Å². The monoisotopic (exact) mass is 223 g/mol. The van der Waals surface area contributed by atoms with Crippen molar-refractivity contribution >= 4 is 11.3 Å². The normalized spacial score (nSPS) is 10.2. The van der Waals surface area contributed by atoms with Crippen molar-refractivity contribution < 1.29 is 9.50 Å². The SMILES string of the molecule is O=c1ccc(F)cc(-c2cscn2)c1O. The molecule has 0 radical (unpaired) electrons. The average molecular weight is 223 g/mol. The average Bonchev–Trinajstić information content (AvgIpc) is 2.70. The van der Waals surface area contributed by atoms with Gasteiger partial charge >= 0.3 is 0 Å². The molecule has 0 atom stereocenters. The number of hydrogen-bond donors (Lipinski definition) is 1. The fourth-order valence-corrected chi connectivity index (χ4v) is 1.71. The zero-order valence-corrected chi connectivity index (χ0v) is 8.29. The quantitative estimate of drug-likeness (QED) is 0.804. The zero-order valence-electron chi connectivity index (χ0n) is 7.48. The smallest absolute Gasteiger partial charge is 0.220 e. The van der Waals surface area contributed by atoms with Crippen LogP contribution in [0, 0.1) is 5.82 Å². The molecule has 1 heterocycles. The predicted molar refractivity (Wildman–Crippen MR) is 55.4 cm³/mol. The van der Waals surface area contributed by atoms with Crippen molar-refractivity contribution in [2.45, 2.75) is 0 Å². The summed E-state index contributed by atoms with van der Waals surface area (Å²) in [5.74, 6) is -1.07. The third-order valence-corrected chi connectivity index (χ3v) is 2.46. The third kappa shape index (κ3) is 1.87. The van der Waals surface area contributed by atoms with E-state index in [1.165, 1.54) is 11.3 Å². The molecule has 0 aliphatic carbocycles. The summed E-state index contributed by atoms with van der Waals surface area (Å²) in [4.78, 5) is 15.2. The molecule has 5 heteroatoms. The predicted octanol–water partition coefficient (Wildman–Crippen LogP) is 2.02. The Balaban J connectivity index is 2.78. The summed E-state index contributed by atoms with van der Waals surface area (Å²) < 4.78 is 13.1. The summed E-state index contributed by atoms with van der Waals surface area (Å²) in [6, 6.07) is 3.09. The largest absolute Gasteiger partial charge is 0.504 e. The standard InChI is InChI=1S/C10H6FNO2S/c11-6-1-2-9(13)10(14)7(3-6)8-4-15-5-12-8/h1-5H,(H,13,14). The molecule has 0 saturated heterocycles. The van der Waals surface area contributed by atoms with E-state index in [-0.39, 0.29) is 5.56 Å². The first-order valence-corrected chi connectivity index (χ1v) is 5.04. The fraction of sp³-hybridized carbons (Fsp3) is 0. The Hall–Kier alpha value is -1.75. The number of hydrogen-bond acceptors (Lipinski definition) is 4. The molecule has 1 aromatic carbocycles. The van der Waals surface area contributed by atoms with Crippen LogP contribution in [0.5, 0.6) is 5.75 Å². The van der Waals surface area contributed by atoms with Crippen LogP contribution in [-0.2, 0) is 0 Å². The maximum absolute atomic E-state index is 13.1. The highest BCUT2D eigenvalue weighted by molar-refractivity contribution is 7.07. The molecule has 0 spiro atoms. The Morgan fingerprint density at radius 1 is 1.40 bits per heavy atom. The summed E-state index contributed by atoms with van der Waals surface area (Å²) in [5.41, 5.74) is 1.43. The van der Waals surface area contributed by atoms with Gasteiger partial charge in [0, 0.05) is 10.9 Å². The summed E-state index contributed by atoms with van der Waals surface area (Å²) in [5, 5.41) is 11.2. The van der Waals surface area contributed by atoms with E-state index < -0.39 is 17.0 Å². The van der Waals surface area contributed by atoms with E-state index in [9.17, 15) is 14.3 Å². The Morgan fingerprint density at radius 2 is 2.20 bits per heavy atom. The van der Waals surface area contributed by atoms with Crippen molar-refractivity contribution in [3.63, 3.8) is 0 Å². The zero-order chi connectivity index (χ0) is 10.8. The highest BCUT2D eigenvalue weighted by Gasteiger charge is 2.09. The molecule has 2 aromatic rings. The number of nitrogens with zero attached hydrogens (tertiary/aromatic N) is 1. The lowest BCUT2D eigenvalue weighted by Gasteiger charge is -1.94. The second kappa shape index (κ2) is 3.78. The minimum Gasteiger partial charge on any atom is -0.504 e. The minimum absolute atomic E-state index is 0.115. The number of thiazole rings is 1. The molecule has 3 nitrogen and oxygen atoms in total. The Labute approximate surface area is 88.5 Å². The van der Waals surface area contributed by atoms with Crippen molar-refractivity contribution in [1.29, 1.82) is 0 Å². The van der Waals surface area contributed by atoms with Gasteiger partial charge in [-0.1, -0.05) is 0 Å². The topological polar surface area (TPSA) is 50.2 Å². The summed E-state index contributed by atoms with van der Waals surface area (Å²) >= 11 is 1.30. The number of rotatable bonds is 1. The van der Waals surface area contributed by atoms with Crippen molar-refractivity contribution in [2.75, 3.05) is 0 Å². The molecule has 1 aromatic heterocycles. The van der Waals surface area contributed by atoms with E-state index in [1.807, 2.05) is 0 Å². The van der Waals surface area contributed by atoms with Gasteiger partial charge in [0.05, 0.1) is 11.2 Å². The first-order valence-electron chi connectivity index (χ1n) is 4.10. The molecular formula is C10H6FNO2S. The van der Waals surface area contributed by atoms with Crippen LogP contribution in [0.3, 0.4) is 0 Å². The van der Waals surface area contributed by atoms with Crippen LogP contribution >= 0.6 is 11.3 Å². The molecule has 76 valence electrons. The molecule has 2 rings (SSSR count). The van der Waals surface area contributed by atoms with Crippen molar-refractivity contribution in [2.24, 2.45) is 0 Å². The van der Waals surface area contributed by atoms with Crippen molar-refractivity contribution in [3.05, 3.63) is 45.1 Å². The Kier molecular flexibility index (Phi) is 2.47. The van der Waals surface area contributed by atoms with Crippen LogP contribution in [0.25, 0.3) is 11.3 Å². The van der Waals surface area contributed by atoms with Crippen molar-refractivity contribution in [3.8, 4) is 17.0 Å². The molecule has 0 aliphatic rings. The van der Waals surface area contributed by atoms with Crippen LogP contribution in [0.4, 0.5) is 4.39 Å². The lowest BCUT2D eigenvalue weighted by molar-refractivity contribution is 0.472. The van der Waals surface area contributed by atoms with Gasteiger partial charge in [-0.15, -0.1) is 11.3 Å². The third-order valence-electron chi connectivity index (χ3n) is 1.87. The van der Waals surface area contributed by atoms with Crippen LogP contribution in [0.1, 0.15) is 0 Å². The van der Waals surface area contributed by atoms with Gasteiger partial charge < -0.3 is 5.11 Å². The van der Waals surface area contributed by atoms with Gasteiger partial charge in [-0.3, -0.25) is 4.79 Å². The van der Waals surface area contributed by atoms with Gasteiger partial charge in [0.2, 0.25) is 5.43 Å². The first kappa shape index (κ1) is 9.79. The fourth-order valence-electron chi connectivity index (χ4n) is 1.16. The molecular weight excluding hydrogens is 217 g/mol. The minimum atomic E-state index is -0.623.